The first-order valence-corrected chi connectivity index (χ1v) is 8.29. The highest BCUT2D eigenvalue weighted by Gasteiger charge is 2.19. The number of amides is 1. The molecule has 0 unspecified atom stereocenters. The minimum absolute atomic E-state index is 0.0102. The summed E-state index contributed by atoms with van der Waals surface area (Å²) in [5, 5.41) is 2.93. The van der Waals surface area contributed by atoms with E-state index in [4.69, 9.17) is 0 Å². The van der Waals surface area contributed by atoms with Crippen molar-refractivity contribution in [3.63, 3.8) is 0 Å². The number of benzene rings is 1. The van der Waals surface area contributed by atoms with Crippen LogP contribution in [0.1, 0.15) is 0 Å². The van der Waals surface area contributed by atoms with Crippen molar-refractivity contribution >= 4 is 33.3 Å². The zero-order chi connectivity index (χ0) is 16.1. The number of piperazine rings is 1. The van der Waals surface area contributed by atoms with Crippen LogP contribution in [0.2, 0.25) is 0 Å². The van der Waals surface area contributed by atoms with Gasteiger partial charge in [-0.1, -0.05) is 22.0 Å². The van der Waals surface area contributed by atoms with Gasteiger partial charge in [0.25, 0.3) is 0 Å². The topological polar surface area (TPSA) is 61.4 Å². The summed E-state index contributed by atoms with van der Waals surface area (Å²) in [6, 6.07) is 7.61. The van der Waals surface area contributed by atoms with Crippen molar-refractivity contribution in [3.8, 4) is 0 Å². The zero-order valence-electron chi connectivity index (χ0n) is 12.7. The highest BCUT2D eigenvalue weighted by Crippen LogP contribution is 2.16. The molecule has 1 fully saturated rings. The molecule has 2 aromatic rings. The number of aromatic nitrogens is 2. The molecule has 2 heterocycles. The molecular formula is C16H18BrN5O. The van der Waals surface area contributed by atoms with E-state index in [9.17, 15) is 4.79 Å². The lowest BCUT2D eigenvalue weighted by molar-refractivity contribution is -0.117. The highest BCUT2D eigenvalue weighted by molar-refractivity contribution is 9.10. The third kappa shape index (κ3) is 4.49. The van der Waals surface area contributed by atoms with Gasteiger partial charge >= 0.3 is 0 Å². The number of nitrogens with zero attached hydrogens (tertiary/aromatic N) is 4. The van der Waals surface area contributed by atoms with Gasteiger partial charge in [-0.25, -0.2) is 4.98 Å². The van der Waals surface area contributed by atoms with E-state index < -0.39 is 0 Å². The Morgan fingerprint density at radius 1 is 1.22 bits per heavy atom. The van der Waals surface area contributed by atoms with Crippen LogP contribution in [0.3, 0.4) is 0 Å². The monoisotopic (exact) mass is 375 g/mol. The number of rotatable bonds is 4. The van der Waals surface area contributed by atoms with Gasteiger partial charge in [0, 0.05) is 48.7 Å². The van der Waals surface area contributed by atoms with Crippen LogP contribution >= 0.6 is 15.9 Å². The van der Waals surface area contributed by atoms with Crippen molar-refractivity contribution in [2.45, 2.75) is 0 Å². The standard InChI is InChI=1S/C16H18BrN5O/c17-13-2-1-3-14(10-13)20-16(23)12-21-6-8-22(9-7-21)15-11-18-4-5-19-15/h1-5,10-11H,6-9,12H2,(H,20,23). The Labute approximate surface area is 143 Å². The summed E-state index contributed by atoms with van der Waals surface area (Å²) >= 11 is 3.40. The maximum absolute atomic E-state index is 12.1. The number of carbonyl (C=O) groups is 1. The molecule has 1 aliphatic rings. The van der Waals surface area contributed by atoms with Crippen LogP contribution in [0, 0.1) is 0 Å². The van der Waals surface area contributed by atoms with Crippen LogP contribution in [0.4, 0.5) is 11.5 Å². The minimum atomic E-state index is 0.0102. The van der Waals surface area contributed by atoms with Crippen molar-refractivity contribution in [1.29, 1.82) is 0 Å². The molecule has 1 aromatic carbocycles. The predicted molar refractivity (Wildman–Crippen MR) is 93.5 cm³/mol. The van der Waals surface area contributed by atoms with Crippen molar-refractivity contribution in [1.82, 2.24) is 14.9 Å². The molecular weight excluding hydrogens is 358 g/mol. The summed E-state index contributed by atoms with van der Waals surface area (Å²) in [6.07, 6.45) is 5.15. The fraction of sp³-hybridized carbons (Fsp3) is 0.312. The molecule has 0 aliphatic carbocycles. The molecule has 0 saturated carbocycles. The largest absolute Gasteiger partial charge is 0.353 e. The van der Waals surface area contributed by atoms with E-state index >= 15 is 0 Å². The molecule has 1 N–H and O–H groups in total. The third-order valence-electron chi connectivity index (χ3n) is 3.72. The minimum Gasteiger partial charge on any atom is -0.353 e. The predicted octanol–water partition coefficient (Wildman–Crippen LogP) is 2.00. The quantitative estimate of drug-likeness (QED) is 0.885. The molecule has 1 saturated heterocycles. The summed E-state index contributed by atoms with van der Waals surface area (Å²) in [7, 11) is 0. The van der Waals surface area contributed by atoms with Crippen molar-refractivity contribution in [3.05, 3.63) is 47.3 Å². The van der Waals surface area contributed by atoms with Gasteiger partial charge in [0.2, 0.25) is 5.91 Å². The van der Waals surface area contributed by atoms with Gasteiger partial charge in [-0.05, 0) is 18.2 Å². The van der Waals surface area contributed by atoms with E-state index in [2.05, 4.69) is 41.0 Å². The van der Waals surface area contributed by atoms with E-state index in [-0.39, 0.29) is 5.91 Å². The fourth-order valence-corrected chi connectivity index (χ4v) is 2.96. The fourth-order valence-electron chi connectivity index (χ4n) is 2.56. The highest BCUT2D eigenvalue weighted by atomic mass is 79.9. The Morgan fingerprint density at radius 3 is 2.74 bits per heavy atom. The molecule has 1 aliphatic heterocycles. The molecule has 0 atom stereocenters. The molecule has 0 radical (unpaired) electrons. The summed E-state index contributed by atoms with van der Waals surface area (Å²) in [6.45, 7) is 3.78. The van der Waals surface area contributed by atoms with E-state index in [0.717, 1.165) is 42.2 Å². The number of halogens is 1. The summed E-state index contributed by atoms with van der Waals surface area (Å²) in [5.41, 5.74) is 0.808. The van der Waals surface area contributed by atoms with E-state index in [0.29, 0.717) is 6.54 Å². The van der Waals surface area contributed by atoms with Gasteiger partial charge in [0.15, 0.2) is 0 Å². The van der Waals surface area contributed by atoms with Crippen molar-refractivity contribution < 1.29 is 4.79 Å². The van der Waals surface area contributed by atoms with Crippen LogP contribution in [0.25, 0.3) is 0 Å². The molecule has 3 rings (SSSR count). The number of carbonyl (C=O) groups excluding carboxylic acids is 1. The number of hydrogen-bond donors (Lipinski definition) is 1. The smallest absolute Gasteiger partial charge is 0.238 e. The van der Waals surface area contributed by atoms with Gasteiger partial charge in [-0.15, -0.1) is 0 Å². The average molecular weight is 376 g/mol. The summed E-state index contributed by atoms with van der Waals surface area (Å²) < 4.78 is 0.952. The number of hydrogen-bond acceptors (Lipinski definition) is 5. The maximum atomic E-state index is 12.1. The summed E-state index contributed by atoms with van der Waals surface area (Å²) in [4.78, 5) is 24.9. The Hall–Kier alpha value is -1.99. The average Bonchev–Trinajstić information content (AvgIpc) is 2.56. The lowest BCUT2D eigenvalue weighted by Gasteiger charge is -2.34. The Kier molecular flexibility index (Phi) is 5.19. The third-order valence-corrected chi connectivity index (χ3v) is 4.21. The first-order valence-electron chi connectivity index (χ1n) is 7.49. The van der Waals surface area contributed by atoms with Gasteiger partial charge in [0.1, 0.15) is 5.82 Å². The molecule has 7 heteroatoms. The second-order valence-electron chi connectivity index (χ2n) is 5.39. The van der Waals surface area contributed by atoms with Crippen molar-refractivity contribution in [2.24, 2.45) is 0 Å². The molecule has 0 bridgehead atoms. The van der Waals surface area contributed by atoms with Gasteiger partial charge in [-0.2, -0.15) is 0 Å². The molecule has 0 spiro atoms. The van der Waals surface area contributed by atoms with Crippen LogP contribution in [0.15, 0.2) is 47.3 Å². The SMILES string of the molecule is O=C(CN1CCN(c2cnccn2)CC1)Nc1cccc(Br)c1. The lowest BCUT2D eigenvalue weighted by Crippen LogP contribution is -2.48. The second-order valence-corrected chi connectivity index (χ2v) is 6.30. The van der Waals surface area contributed by atoms with E-state index in [1.807, 2.05) is 24.3 Å². The first kappa shape index (κ1) is 15.9. The Morgan fingerprint density at radius 2 is 2.04 bits per heavy atom. The molecule has 6 nitrogen and oxygen atoms in total. The molecule has 120 valence electrons. The summed E-state index contributed by atoms with van der Waals surface area (Å²) in [5.74, 6) is 0.904. The normalized spacial score (nSPS) is 15.4. The number of nitrogens with one attached hydrogen (secondary N) is 1. The number of anilines is 2. The van der Waals surface area contributed by atoms with Crippen LogP contribution in [-0.4, -0.2) is 53.5 Å². The van der Waals surface area contributed by atoms with Crippen LogP contribution in [-0.2, 0) is 4.79 Å². The van der Waals surface area contributed by atoms with Gasteiger partial charge in [-0.3, -0.25) is 14.7 Å². The molecule has 23 heavy (non-hydrogen) atoms. The zero-order valence-corrected chi connectivity index (χ0v) is 14.2. The Bertz CT molecular complexity index is 659. The first-order chi connectivity index (χ1) is 11.2. The molecule has 1 aromatic heterocycles. The van der Waals surface area contributed by atoms with E-state index in [1.165, 1.54) is 0 Å². The van der Waals surface area contributed by atoms with E-state index in [1.54, 1.807) is 18.6 Å². The molecule has 1 amide bonds. The van der Waals surface area contributed by atoms with Crippen LogP contribution < -0.4 is 10.2 Å². The van der Waals surface area contributed by atoms with Crippen LogP contribution in [0.5, 0.6) is 0 Å². The van der Waals surface area contributed by atoms with Gasteiger partial charge in [0.05, 0.1) is 12.7 Å². The lowest BCUT2D eigenvalue weighted by atomic mass is 10.3. The maximum Gasteiger partial charge on any atom is 0.238 e. The Balaban J connectivity index is 1.48. The second kappa shape index (κ2) is 7.52. The van der Waals surface area contributed by atoms with Crippen molar-refractivity contribution in [2.75, 3.05) is 42.9 Å². The van der Waals surface area contributed by atoms with Gasteiger partial charge < -0.3 is 10.2 Å².